The number of rotatable bonds is 6. The van der Waals surface area contributed by atoms with Crippen LogP contribution in [0, 0.1) is 0 Å². The number of carbonyl (C=O) groups is 2. The zero-order valence-electron chi connectivity index (χ0n) is 20.2. The summed E-state index contributed by atoms with van der Waals surface area (Å²) in [6.07, 6.45) is 0. The van der Waals surface area contributed by atoms with Crippen LogP contribution in [0.4, 0.5) is 0 Å². The molecule has 3 aliphatic rings. The van der Waals surface area contributed by atoms with Crippen molar-refractivity contribution in [2.75, 3.05) is 59.7 Å². The first-order valence-electron chi connectivity index (χ1n) is 11.9. The Kier molecular flexibility index (Phi) is 7.27. The molecule has 1 atom stereocenters. The van der Waals surface area contributed by atoms with Crippen LogP contribution in [0.2, 0.25) is 0 Å². The maximum absolute atomic E-state index is 13.4. The van der Waals surface area contributed by atoms with Gasteiger partial charge in [-0.3, -0.25) is 14.5 Å². The van der Waals surface area contributed by atoms with Crippen LogP contribution in [0.1, 0.15) is 17.2 Å². The van der Waals surface area contributed by atoms with Gasteiger partial charge < -0.3 is 34.1 Å². The number of morpholine rings is 1. The molecule has 1 amide bonds. The standard InChI is InChI=1S/C26H27BrN2O8/c1-34-20-14-16(12-17(27)24(20)31)22-21(23(30)15-2-3-18-19(13-15)37-11-10-36-18)25(32)26(33)29(22)5-4-28-6-8-35-9-7-28/h2-3,12-14,22,30-31H,4-11H2,1H3/t22-/m1/s1. The van der Waals surface area contributed by atoms with E-state index in [1.165, 1.54) is 12.0 Å². The van der Waals surface area contributed by atoms with E-state index in [1.807, 2.05) is 0 Å². The van der Waals surface area contributed by atoms with E-state index in [0.29, 0.717) is 60.1 Å². The molecular formula is C26H27BrN2O8. The molecule has 2 aromatic rings. The Morgan fingerprint density at radius 1 is 1.05 bits per heavy atom. The lowest BCUT2D eigenvalue weighted by atomic mass is 9.94. The highest BCUT2D eigenvalue weighted by atomic mass is 79.9. The number of hydrogen-bond acceptors (Lipinski definition) is 9. The Balaban J connectivity index is 1.59. The van der Waals surface area contributed by atoms with Gasteiger partial charge in [-0.05, 0) is 51.8 Å². The number of likely N-dealkylation sites (tertiary alicyclic amines) is 1. The molecule has 0 bridgehead atoms. The maximum atomic E-state index is 13.4. The summed E-state index contributed by atoms with van der Waals surface area (Å²) < 4.78 is 22.3. The second-order valence-corrected chi connectivity index (χ2v) is 9.71. The number of phenols is 1. The number of aromatic hydroxyl groups is 1. The predicted molar refractivity (Wildman–Crippen MR) is 136 cm³/mol. The summed E-state index contributed by atoms with van der Waals surface area (Å²) in [5, 5.41) is 21.7. The topological polar surface area (TPSA) is 118 Å². The first-order valence-corrected chi connectivity index (χ1v) is 12.7. The lowest BCUT2D eigenvalue weighted by Crippen LogP contribution is -2.42. The molecule has 37 heavy (non-hydrogen) atoms. The van der Waals surface area contributed by atoms with Crippen LogP contribution < -0.4 is 14.2 Å². The SMILES string of the molecule is COc1cc([C@@H]2C(=C(O)c3ccc4c(c3)OCCO4)C(=O)C(=O)N2CCN2CCOCC2)cc(Br)c1O. The highest BCUT2D eigenvalue weighted by molar-refractivity contribution is 9.10. The molecule has 3 heterocycles. The van der Waals surface area contributed by atoms with E-state index in [4.69, 9.17) is 18.9 Å². The monoisotopic (exact) mass is 574 g/mol. The summed E-state index contributed by atoms with van der Waals surface area (Å²) in [4.78, 5) is 30.3. The summed E-state index contributed by atoms with van der Waals surface area (Å²) in [6, 6.07) is 7.15. The molecule has 0 saturated carbocycles. The smallest absolute Gasteiger partial charge is 0.295 e. The number of aliphatic hydroxyl groups is 1. The van der Waals surface area contributed by atoms with Crippen molar-refractivity contribution in [3.8, 4) is 23.0 Å². The number of methoxy groups -OCH3 is 1. The zero-order valence-corrected chi connectivity index (χ0v) is 21.8. The minimum Gasteiger partial charge on any atom is -0.507 e. The van der Waals surface area contributed by atoms with Gasteiger partial charge in [-0.1, -0.05) is 0 Å². The van der Waals surface area contributed by atoms with E-state index in [9.17, 15) is 19.8 Å². The van der Waals surface area contributed by atoms with Gasteiger partial charge in [0.2, 0.25) is 0 Å². The fourth-order valence-corrected chi connectivity index (χ4v) is 5.24. The number of carbonyl (C=O) groups excluding carboxylic acids is 2. The number of ether oxygens (including phenoxy) is 4. The quantitative estimate of drug-likeness (QED) is 0.305. The number of Topliss-reactive ketones (excluding diaryl/α,β-unsaturated/α-hetero) is 1. The molecule has 11 heteroatoms. The third-order valence-electron chi connectivity index (χ3n) is 6.70. The molecule has 2 aromatic carbocycles. The first kappa shape index (κ1) is 25.4. The highest BCUT2D eigenvalue weighted by Crippen LogP contribution is 2.45. The van der Waals surface area contributed by atoms with Crippen molar-refractivity contribution < 1.29 is 38.7 Å². The molecule has 3 aliphatic heterocycles. The Hall–Kier alpha value is -3.28. The van der Waals surface area contributed by atoms with E-state index in [2.05, 4.69) is 20.8 Å². The summed E-state index contributed by atoms with van der Waals surface area (Å²) in [6.45, 7) is 4.24. The summed E-state index contributed by atoms with van der Waals surface area (Å²) in [5.41, 5.74) is 0.773. The van der Waals surface area contributed by atoms with Crippen LogP contribution in [0.5, 0.6) is 23.0 Å². The lowest BCUT2D eigenvalue weighted by Gasteiger charge is -2.31. The number of aliphatic hydroxyl groups excluding tert-OH is 1. The zero-order chi connectivity index (χ0) is 26.1. The van der Waals surface area contributed by atoms with Gasteiger partial charge in [0.05, 0.1) is 36.4 Å². The van der Waals surface area contributed by atoms with Crippen LogP contribution in [0.15, 0.2) is 40.4 Å². The van der Waals surface area contributed by atoms with Crippen LogP contribution in [0.3, 0.4) is 0 Å². The van der Waals surface area contributed by atoms with E-state index in [-0.39, 0.29) is 29.4 Å². The second kappa shape index (κ2) is 10.6. The number of halogens is 1. The van der Waals surface area contributed by atoms with Crippen LogP contribution in [-0.4, -0.2) is 91.4 Å². The number of benzene rings is 2. The lowest BCUT2D eigenvalue weighted by molar-refractivity contribution is -0.140. The summed E-state index contributed by atoms with van der Waals surface area (Å²) >= 11 is 3.33. The first-order chi connectivity index (χ1) is 17.9. The Labute approximate surface area is 222 Å². The summed E-state index contributed by atoms with van der Waals surface area (Å²) in [7, 11) is 1.41. The molecule has 0 spiro atoms. The minimum atomic E-state index is -0.903. The largest absolute Gasteiger partial charge is 0.507 e. The fraction of sp³-hybridized carbons (Fsp3) is 0.385. The van der Waals surface area contributed by atoms with Crippen molar-refractivity contribution in [3.05, 3.63) is 51.5 Å². The Morgan fingerprint density at radius 2 is 1.78 bits per heavy atom. The van der Waals surface area contributed by atoms with Gasteiger partial charge >= 0.3 is 0 Å². The molecule has 196 valence electrons. The minimum absolute atomic E-state index is 0.0525. The fourth-order valence-electron chi connectivity index (χ4n) is 4.78. The Morgan fingerprint density at radius 3 is 2.51 bits per heavy atom. The number of amides is 1. The van der Waals surface area contributed by atoms with Gasteiger partial charge in [-0.2, -0.15) is 0 Å². The van der Waals surface area contributed by atoms with E-state index < -0.39 is 17.7 Å². The normalized spacial score (nSPS) is 21.4. The van der Waals surface area contributed by atoms with Gasteiger partial charge in [0, 0.05) is 31.7 Å². The van der Waals surface area contributed by atoms with Gasteiger partial charge in [0.25, 0.3) is 11.7 Å². The number of ketones is 1. The van der Waals surface area contributed by atoms with Crippen molar-refractivity contribution in [2.24, 2.45) is 0 Å². The average Bonchev–Trinajstić information content (AvgIpc) is 3.18. The average molecular weight is 575 g/mol. The molecule has 5 rings (SSSR count). The molecule has 2 saturated heterocycles. The molecule has 2 N–H and O–H groups in total. The maximum Gasteiger partial charge on any atom is 0.295 e. The van der Waals surface area contributed by atoms with Crippen LogP contribution in [-0.2, 0) is 14.3 Å². The van der Waals surface area contributed by atoms with Gasteiger partial charge in [0.15, 0.2) is 23.0 Å². The molecule has 2 fully saturated rings. The van der Waals surface area contributed by atoms with Gasteiger partial charge in [-0.15, -0.1) is 0 Å². The number of fused-ring (bicyclic) bond motifs is 1. The van der Waals surface area contributed by atoms with Gasteiger partial charge in [0.1, 0.15) is 19.0 Å². The van der Waals surface area contributed by atoms with E-state index >= 15 is 0 Å². The molecule has 0 unspecified atom stereocenters. The molecule has 0 aliphatic carbocycles. The molecule has 10 nitrogen and oxygen atoms in total. The molecular weight excluding hydrogens is 548 g/mol. The number of phenolic OH excluding ortho intramolecular Hbond substituents is 1. The van der Waals surface area contributed by atoms with E-state index in [1.54, 1.807) is 30.3 Å². The van der Waals surface area contributed by atoms with Crippen molar-refractivity contribution in [1.82, 2.24) is 9.80 Å². The van der Waals surface area contributed by atoms with Crippen molar-refractivity contribution in [1.29, 1.82) is 0 Å². The van der Waals surface area contributed by atoms with Crippen molar-refractivity contribution in [2.45, 2.75) is 6.04 Å². The van der Waals surface area contributed by atoms with Crippen molar-refractivity contribution in [3.63, 3.8) is 0 Å². The highest BCUT2D eigenvalue weighted by Gasteiger charge is 2.46. The summed E-state index contributed by atoms with van der Waals surface area (Å²) in [5.74, 6) is -0.772. The number of nitrogens with zero attached hydrogens (tertiary/aromatic N) is 2. The second-order valence-electron chi connectivity index (χ2n) is 8.86. The number of hydrogen-bond donors (Lipinski definition) is 2. The van der Waals surface area contributed by atoms with Crippen LogP contribution in [0.25, 0.3) is 5.76 Å². The Bertz CT molecular complexity index is 1260. The van der Waals surface area contributed by atoms with Crippen molar-refractivity contribution >= 4 is 33.4 Å². The predicted octanol–water partition coefficient (Wildman–Crippen LogP) is 2.69. The molecule has 0 radical (unpaired) electrons. The van der Waals surface area contributed by atoms with Gasteiger partial charge in [-0.25, -0.2) is 0 Å². The third kappa shape index (κ3) is 4.86. The molecule has 0 aromatic heterocycles. The third-order valence-corrected chi connectivity index (χ3v) is 7.31. The van der Waals surface area contributed by atoms with E-state index in [0.717, 1.165) is 13.1 Å². The van der Waals surface area contributed by atoms with Crippen LogP contribution >= 0.6 is 15.9 Å².